The molecule has 1 aliphatic heterocycles. The van der Waals surface area contributed by atoms with Crippen LogP contribution in [-0.4, -0.2) is 46.5 Å². The summed E-state index contributed by atoms with van der Waals surface area (Å²) in [6.07, 6.45) is 1.80. The van der Waals surface area contributed by atoms with Gasteiger partial charge in [0.05, 0.1) is 16.5 Å². The highest BCUT2D eigenvalue weighted by molar-refractivity contribution is 9.10. The number of rotatable bonds is 5. The van der Waals surface area contributed by atoms with Gasteiger partial charge in [-0.3, -0.25) is 0 Å². The summed E-state index contributed by atoms with van der Waals surface area (Å²) in [5.74, 6) is 1.19. The fourth-order valence-electron chi connectivity index (χ4n) is 2.60. The zero-order valence-electron chi connectivity index (χ0n) is 12.7. The van der Waals surface area contributed by atoms with Crippen LogP contribution in [0.2, 0.25) is 0 Å². The lowest BCUT2D eigenvalue weighted by Gasteiger charge is -2.31. The molecule has 0 aliphatic carbocycles. The van der Waals surface area contributed by atoms with E-state index in [1.54, 1.807) is 29.6 Å². The van der Waals surface area contributed by atoms with Crippen LogP contribution >= 0.6 is 28.3 Å². The van der Waals surface area contributed by atoms with Crippen molar-refractivity contribution in [2.24, 2.45) is 5.92 Å². The van der Waals surface area contributed by atoms with Crippen molar-refractivity contribution in [1.29, 1.82) is 0 Å². The minimum absolute atomic E-state index is 0. The van der Waals surface area contributed by atoms with Crippen molar-refractivity contribution in [3.8, 4) is 5.75 Å². The Kier molecular flexibility index (Phi) is 7.61. The molecule has 0 spiro atoms. The van der Waals surface area contributed by atoms with Crippen molar-refractivity contribution in [2.75, 3.05) is 33.8 Å². The molecule has 2 rings (SSSR count). The molecule has 0 aromatic heterocycles. The van der Waals surface area contributed by atoms with E-state index in [1.165, 1.54) is 0 Å². The second kappa shape index (κ2) is 8.49. The molecule has 22 heavy (non-hydrogen) atoms. The standard InChI is InChI=1S/C14H21BrN2O3S.ClH/c1-16-10-11-5-7-17(8-6-11)21(18,19)12-3-4-14(20-2)13(15)9-12;/h3-4,9,11,16H,5-8,10H2,1-2H3;1H. The number of nitrogens with one attached hydrogen (secondary N) is 1. The molecule has 0 radical (unpaired) electrons. The van der Waals surface area contributed by atoms with Crippen LogP contribution in [-0.2, 0) is 10.0 Å². The molecule has 1 aliphatic rings. The molecule has 1 aromatic carbocycles. The summed E-state index contributed by atoms with van der Waals surface area (Å²) >= 11 is 3.34. The van der Waals surface area contributed by atoms with E-state index in [9.17, 15) is 8.42 Å². The number of hydrogen-bond donors (Lipinski definition) is 1. The van der Waals surface area contributed by atoms with Gasteiger partial charge in [-0.15, -0.1) is 12.4 Å². The monoisotopic (exact) mass is 412 g/mol. The first-order valence-corrected chi connectivity index (χ1v) is 9.20. The highest BCUT2D eigenvalue weighted by Gasteiger charge is 2.29. The molecule has 0 saturated carbocycles. The molecule has 126 valence electrons. The van der Waals surface area contributed by atoms with Gasteiger partial charge in [0.1, 0.15) is 5.75 Å². The van der Waals surface area contributed by atoms with E-state index in [0.29, 0.717) is 34.1 Å². The Morgan fingerprint density at radius 2 is 2.00 bits per heavy atom. The fourth-order valence-corrected chi connectivity index (χ4v) is 4.79. The van der Waals surface area contributed by atoms with Gasteiger partial charge in [-0.1, -0.05) is 0 Å². The summed E-state index contributed by atoms with van der Waals surface area (Å²) in [5, 5.41) is 3.15. The summed E-state index contributed by atoms with van der Waals surface area (Å²) in [7, 11) is 0.0644. The normalized spacial score (nSPS) is 17.0. The Morgan fingerprint density at radius 3 is 2.50 bits per heavy atom. The molecular weight excluding hydrogens is 392 g/mol. The molecule has 1 heterocycles. The van der Waals surface area contributed by atoms with Crippen LogP contribution in [0.3, 0.4) is 0 Å². The minimum atomic E-state index is -3.42. The van der Waals surface area contributed by atoms with Crippen LogP contribution < -0.4 is 10.1 Å². The van der Waals surface area contributed by atoms with Gasteiger partial charge >= 0.3 is 0 Å². The van der Waals surface area contributed by atoms with Crippen LogP contribution in [0.15, 0.2) is 27.6 Å². The van der Waals surface area contributed by atoms with Gasteiger partial charge in [0.2, 0.25) is 10.0 Å². The maximum Gasteiger partial charge on any atom is 0.243 e. The van der Waals surface area contributed by atoms with E-state index in [1.807, 2.05) is 7.05 Å². The molecule has 0 unspecified atom stereocenters. The quantitative estimate of drug-likeness (QED) is 0.806. The smallest absolute Gasteiger partial charge is 0.243 e. The zero-order valence-corrected chi connectivity index (χ0v) is 15.9. The molecular formula is C14H22BrClN2O3S. The van der Waals surface area contributed by atoms with Crippen LogP contribution in [0.1, 0.15) is 12.8 Å². The zero-order chi connectivity index (χ0) is 15.5. The Hall–Kier alpha value is -0.340. The maximum atomic E-state index is 12.7. The number of benzene rings is 1. The second-order valence-electron chi connectivity index (χ2n) is 5.20. The first-order valence-electron chi connectivity index (χ1n) is 6.97. The molecule has 1 N–H and O–H groups in total. The Morgan fingerprint density at radius 1 is 1.36 bits per heavy atom. The number of sulfonamides is 1. The molecule has 8 heteroatoms. The average molecular weight is 414 g/mol. The lowest BCUT2D eigenvalue weighted by atomic mass is 9.98. The number of methoxy groups -OCH3 is 1. The Balaban J connectivity index is 0.00000242. The third kappa shape index (κ3) is 4.35. The number of nitrogens with zero attached hydrogens (tertiary/aromatic N) is 1. The summed E-state index contributed by atoms with van der Waals surface area (Å²) < 4.78 is 32.7. The number of ether oxygens (including phenoxy) is 1. The average Bonchev–Trinajstić information content (AvgIpc) is 2.48. The van der Waals surface area contributed by atoms with E-state index in [4.69, 9.17) is 4.74 Å². The lowest BCUT2D eigenvalue weighted by molar-refractivity contribution is 0.270. The molecule has 1 saturated heterocycles. The van der Waals surface area contributed by atoms with Crippen molar-refractivity contribution in [2.45, 2.75) is 17.7 Å². The van der Waals surface area contributed by atoms with Gasteiger partial charge in [-0.2, -0.15) is 4.31 Å². The fraction of sp³-hybridized carbons (Fsp3) is 0.571. The van der Waals surface area contributed by atoms with Crippen molar-refractivity contribution in [3.05, 3.63) is 22.7 Å². The number of halogens is 2. The highest BCUT2D eigenvalue weighted by atomic mass is 79.9. The summed E-state index contributed by atoms with van der Waals surface area (Å²) in [5.41, 5.74) is 0. The SMILES string of the molecule is CNCC1CCN(S(=O)(=O)c2ccc(OC)c(Br)c2)CC1.Cl. The molecule has 1 aromatic rings. The molecule has 0 bridgehead atoms. The minimum Gasteiger partial charge on any atom is -0.496 e. The van der Waals surface area contributed by atoms with Gasteiger partial charge in [0.15, 0.2) is 0 Å². The Labute approximate surface area is 147 Å². The third-order valence-electron chi connectivity index (χ3n) is 3.83. The summed E-state index contributed by atoms with van der Waals surface area (Å²) in [6.45, 7) is 2.11. The van der Waals surface area contributed by atoms with Crippen molar-refractivity contribution >= 4 is 38.4 Å². The van der Waals surface area contributed by atoms with Crippen LogP contribution in [0.4, 0.5) is 0 Å². The van der Waals surface area contributed by atoms with Crippen molar-refractivity contribution in [1.82, 2.24) is 9.62 Å². The van der Waals surface area contributed by atoms with Crippen LogP contribution in [0.25, 0.3) is 0 Å². The van der Waals surface area contributed by atoms with Gasteiger partial charge in [0.25, 0.3) is 0 Å². The highest BCUT2D eigenvalue weighted by Crippen LogP contribution is 2.30. The molecule has 0 amide bonds. The first-order chi connectivity index (χ1) is 9.98. The van der Waals surface area contributed by atoms with Crippen molar-refractivity contribution < 1.29 is 13.2 Å². The summed E-state index contributed by atoms with van der Waals surface area (Å²) in [6, 6.07) is 4.87. The van der Waals surface area contributed by atoms with Crippen molar-refractivity contribution in [3.63, 3.8) is 0 Å². The van der Waals surface area contributed by atoms with E-state index in [0.717, 1.165) is 19.4 Å². The predicted octanol–water partition coefficient (Wildman–Crippen LogP) is 2.50. The van der Waals surface area contributed by atoms with Gasteiger partial charge in [0, 0.05) is 13.1 Å². The topological polar surface area (TPSA) is 58.6 Å². The van der Waals surface area contributed by atoms with E-state index >= 15 is 0 Å². The molecule has 1 fully saturated rings. The van der Waals surface area contributed by atoms with Crippen LogP contribution in [0, 0.1) is 5.92 Å². The molecule has 5 nitrogen and oxygen atoms in total. The molecule has 0 atom stereocenters. The lowest BCUT2D eigenvalue weighted by Crippen LogP contribution is -2.40. The van der Waals surface area contributed by atoms with E-state index < -0.39 is 10.0 Å². The van der Waals surface area contributed by atoms with Crippen LogP contribution in [0.5, 0.6) is 5.75 Å². The van der Waals surface area contributed by atoms with Gasteiger partial charge in [-0.05, 0) is 66.5 Å². The van der Waals surface area contributed by atoms with Gasteiger partial charge < -0.3 is 10.1 Å². The van der Waals surface area contributed by atoms with Gasteiger partial charge in [-0.25, -0.2) is 8.42 Å². The summed E-state index contributed by atoms with van der Waals surface area (Å²) in [4.78, 5) is 0.308. The predicted molar refractivity (Wildman–Crippen MR) is 93.4 cm³/mol. The van der Waals surface area contributed by atoms with E-state index in [2.05, 4.69) is 21.2 Å². The Bertz CT molecular complexity index is 590. The number of hydrogen-bond acceptors (Lipinski definition) is 4. The largest absolute Gasteiger partial charge is 0.496 e. The third-order valence-corrected chi connectivity index (χ3v) is 6.34. The second-order valence-corrected chi connectivity index (χ2v) is 7.99. The van der Waals surface area contributed by atoms with E-state index in [-0.39, 0.29) is 12.4 Å². The first kappa shape index (κ1) is 19.7. The maximum absolute atomic E-state index is 12.7. The number of piperidine rings is 1.